The molecule has 0 bridgehead atoms. The van der Waals surface area contributed by atoms with Crippen molar-refractivity contribution in [3.05, 3.63) is 28.2 Å². The van der Waals surface area contributed by atoms with Gasteiger partial charge in [0.1, 0.15) is 0 Å². The number of hydrogen-bond donors (Lipinski definition) is 1. The van der Waals surface area contributed by atoms with Crippen LogP contribution in [0.15, 0.2) is 27.6 Å². The van der Waals surface area contributed by atoms with E-state index in [1.165, 1.54) is 12.1 Å². The molecule has 1 aliphatic heterocycles. The number of benzene rings is 1. The first kappa shape index (κ1) is 14.5. The fraction of sp³-hybridized carbons (Fsp3) is 0.417. The summed E-state index contributed by atoms with van der Waals surface area (Å²) < 4.78 is 23.7. The fourth-order valence-corrected chi connectivity index (χ4v) is 3.00. The predicted octanol–water partition coefficient (Wildman–Crippen LogP) is 0.898. The fourth-order valence-electron chi connectivity index (χ4n) is 1.94. The van der Waals surface area contributed by atoms with Crippen LogP contribution in [0.3, 0.4) is 0 Å². The number of sulfone groups is 1. The number of halogens is 1. The van der Waals surface area contributed by atoms with E-state index in [2.05, 4.69) is 21.2 Å². The molecule has 0 saturated carbocycles. The number of carbonyl (C=O) groups is 1. The molecule has 0 spiro atoms. The standard InChI is InChI=1S/C12H15BrN2O3S/c1-19(17,18)9-2-3-11(13)10(8-9)12(16)15-6-4-14-5-7-15/h2-3,8,14H,4-7H2,1H3. The molecule has 19 heavy (non-hydrogen) atoms. The molecule has 1 heterocycles. The Morgan fingerprint density at radius 3 is 2.53 bits per heavy atom. The summed E-state index contributed by atoms with van der Waals surface area (Å²) in [7, 11) is -3.31. The van der Waals surface area contributed by atoms with Crippen molar-refractivity contribution in [1.82, 2.24) is 10.2 Å². The molecule has 1 aromatic rings. The lowest BCUT2D eigenvalue weighted by molar-refractivity contribution is 0.0734. The van der Waals surface area contributed by atoms with Gasteiger partial charge in [0.05, 0.1) is 10.5 Å². The first-order valence-corrected chi connectivity index (χ1v) is 8.57. The van der Waals surface area contributed by atoms with Crippen molar-refractivity contribution in [3.63, 3.8) is 0 Å². The van der Waals surface area contributed by atoms with Gasteiger partial charge in [-0.2, -0.15) is 0 Å². The Labute approximate surface area is 121 Å². The minimum Gasteiger partial charge on any atom is -0.336 e. The molecule has 2 rings (SSSR count). The van der Waals surface area contributed by atoms with Crippen LogP contribution in [0.1, 0.15) is 10.4 Å². The molecule has 1 amide bonds. The number of hydrogen-bond acceptors (Lipinski definition) is 4. The Bertz CT molecular complexity index is 595. The molecule has 0 radical (unpaired) electrons. The van der Waals surface area contributed by atoms with E-state index in [0.29, 0.717) is 23.1 Å². The molecule has 1 aromatic carbocycles. The molecule has 0 unspecified atom stereocenters. The van der Waals surface area contributed by atoms with Crippen molar-refractivity contribution in [2.75, 3.05) is 32.4 Å². The van der Waals surface area contributed by atoms with Gasteiger partial charge < -0.3 is 10.2 Å². The number of nitrogens with zero attached hydrogens (tertiary/aromatic N) is 1. The third kappa shape index (κ3) is 3.34. The van der Waals surface area contributed by atoms with Crippen molar-refractivity contribution in [1.29, 1.82) is 0 Å². The molecular weight excluding hydrogens is 332 g/mol. The molecule has 1 fully saturated rings. The van der Waals surface area contributed by atoms with Crippen LogP contribution in [0.5, 0.6) is 0 Å². The zero-order valence-electron chi connectivity index (χ0n) is 10.5. The highest BCUT2D eigenvalue weighted by Gasteiger charge is 2.21. The quantitative estimate of drug-likeness (QED) is 0.863. The van der Waals surface area contributed by atoms with E-state index in [9.17, 15) is 13.2 Å². The second-order valence-electron chi connectivity index (χ2n) is 4.46. The summed E-state index contributed by atoms with van der Waals surface area (Å²) in [5.74, 6) is -0.140. The van der Waals surface area contributed by atoms with E-state index >= 15 is 0 Å². The van der Waals surface area contributed by atoms with Gasteiger partial charge in [0.25, 0.3) is 5.91 Å². The molecule has 1 saturated heterocycles. The summed E-state index contributed by atoms with van der Waals surface area (Å²) >= 11 is 3.31. The van der Waals surface area contributed by atoms with E-state index in [-0.39, 0.29) is 10.8 Å². The molecule has 104 valence electrons. The van der Waals surface area contributed by atoms with Crippen LogP contribution in [-0.4, -0.2) is 51.7 Å². The van der Waals surface area contributed by atoms with E-state index in [1.54, 1.807) is 11.0 Å². The first-order valence-electron chi connectivity index (χ1n) is 5.89. The maximum absolute atomic E-state index is 12.4. The second kappa shape index (κ2) is 5.60. The summed E-state index contributed by atoms with van der Waals surface area (Å²) in [6.07, 6.45) is 1.13. The summed E-state index contributed by atoms with van der Waals surface area (Å²) in [5, 5.41) is 3.17. The highest BCUT2D eigenvalue weighted by atomic mass is 79.9. The lowest BCUT2D eigenvalue weighted by Crippen LogP contribution is -2.46. The maximum atomic E-state index is 12.4. The van der Waals surface area contributed by atoms with Crippen LogP contribution >= 0.6 is 15.9 Å². The molecular formula is C12H15BrN2O3S. The van der Waals surface area contributed by atoms with Gasteiger partial charge in [-0.15, -0.1) is 0 Å². The summed E-state index contributed by atoms with van der Waals surface area (Å²) in [4.78, 5) is 14.3. The van der Waals surface area contributed by atoms with Gasteiger partial charge in [0.2, 0.25) is 0 Å². The molecule has 1 aliphatic rings. The average Bonchev–Trinajstić information content (AvgIpc) is 2.38. The minimum atomic E-state index is -3.31. The summed E-state index contributed by atoms with van der Waals surface area (Å²) in [5.41, 5.74) is 0.393. The Morgan fingerprint density at radius 2 is 1.95 bits per heavy atom. The average molecular weight is 347 g/mol. The van der Waals surface area contributed by atoms with Crippen LogP contribution in [0, 0.1) is 0 Å². The lowest BCUT2D eigenvalue weighted by atomic mass is 10.2. The number of carbonyl (C=O) groups excluding carboxylic acids is 1. The Kier molecular flexibility index (Phi) is 4.27. The van der Waals surface area contributed by atoms with Gasteiger partial charge in [-0.1, -0.05) is 0 Å². The van der Waals surface area contributed by atoms with E-state index < -0.39 is 9.84 Å². The zero-order chi connectivity index (χ0) is 14.0. The van der Waals surface area contributed by atoms with Crippen LogP contribution in [0.2, 0.25) is 0 Å². The SMILES string of the molecule is CS(=O)(=O)c1ccc(Br)c(C(=O)N2CCNCC2)c1. The molecule has 1 N–H and O–H groups in total. The van der Waals surface area contributed by atoms with Gasteiger partial charge in [-0.25, -0.2) is 8.42 Å². The highest BCUT2D eigenvalue weighted by molar-refractivity contribution is 9.10. The topological polar surface area (TPSA) is 66.5 Å². The van der Waals surface area contributed by atoms with Crippen molar-refractivity contribution >= 4 is 31.7 Å². The molecule has 5 nitrogen and oxygen atoms in total. The number of piperazine rings is 1. The van der Waals surface area contributed by atoms with E-state index in [1.807, 2.05) is 0 Å². The van der Waals surface area contributed by atoms with E-state index in [0.717, 1.165) is 19.3 Å². The third-order valence-electron chi connectivity index (χ3n) is 3.00. The van der Waals surface area contributed by atoms with Crippen LogP contribution in [0.25, 0.3) is 0 Å². The highest BCUT2D eigenvalue weighted by Crippen LogP contribution is 2.22. The van der Waals surface area contributed by atoms with Crippen molar-refractivity contribution in [2.24, 2.45) is 0 Å². The van der Waals surface area contributed by atoms with Gasteiger partial charge in [-0.05, 0) is 34.1 Å². The second-order valence-corrected chi connectivity index (χ2v) is 7.33. The van der Waals surface area contributed by atoms with E-state index in [4.69, 9.17) is 0 Å². The van der Waals surface area contributed by atoms with Crippen molar-refractivity contribution < 1.29 is 13.2 Å². The Hall–Kier alpha value is -0.920. The lowest BCUT2D eigenvalue weighted by Gasteiger charge is -2.27. The predicted molar refractivity (Wildman–Crippen MR) is 76.0 cm³/mol. The zero-order valence-corrected chi connectivity index (χ0v) is 12.9. The largest absolute Gasteiger partial charge is 0.336 e. The van der Waals surface area contributed by atoms with Gasteiger partial charge in [0.15, 0.2) is 9.84 Å². The smallest absolute Gasteiger partial charge is 0.255 e. The monoisotopic (exact) mass is 346 g/mol. The Morgan fingerprint density at radius 1 is 1.32 bits per heavy atom. The van der Waals surface area contributed by atoms with Crippen LogP contribution < -0.4 is 5.32 Å². The summed E-state index contributed by atoms with van der Waals surface area (Å²) in [6, 6.07) is 4.53. The van der Waals surface area contributed by atoms with Crippen molar-refractivity contribution in [3.8, 4) is 0 Å². The van der Waals surface area contributed by atoms with Gasteiger partial charge >= 0.3 is 0 Å². The van der Waals surface area contributed by atoms with Gasteiger partial charge in [-0.3, -0.25) is 4.79 Å². The number of amides is 1. The van der Waals surface area contributed by atoms with Crippen molar-refractivity contribution in [2.45, 2.75) is 4.90 Å². The molecule has 0 aromatic heterocycles. The molecule has 7 heteroatoms. The van der Waals surface area contributed by atoms with Crippen LogP contribution in [0.4, 0.5) is 0 Å². The number of rotatable bonds is 2. The maximum Gasteiger partial charge on any atom is 0.255 e. The first-order chi connectivity index (χ1) is 8.89. The third-order valence-corrected chi connectivity index (χ3v) is 4.80. The van der Waals surface area contributed by atoms with Crippen LogP contribution in [-0.2, 0) is 9.84 Å². The normalized spacial score (nSPS) is 16.4. The number of nitrogens with one attached hydrogen (secondary N) is 1. The Balaban J connectivity index is 2.35. The van der Waals surface area contributed by atoms with Gasteiger partial charge in [0, 0.05) is 36.9 Å². The molecule has 0 aliphatic carbocycles. The summed E-state index contributed by atoms with van der Waals surface area (Å²) in [6.45, 7) is 2.78. The molecule has 0 atom stereocenters. The minimum absolute atomic E-state index is 0.140.